The highest BCUT2D eigenvalue weighted by Crippen LogP contribution is 2.20. The summed E-state index contributed by atoms with van der Waals surface area (Å²) in [5, 5.41) is 8.31. The molecule has 6 nitrogen and oxygen atoms in total. The SMILES string of the molecule is CCCc1nsc(N2CCOC(C(=N)N)C2)n1. The maximum absolute atomic E-state index is 7.41. The molecule has 7 heteroatoms. The molecule has 0 aliphatic carbocycles. The zero-order valence-corrected chi connectivity index (χ0v) is 10.7. The van der Waals surface area contributed by atoms with E-state index in [9.17, 15) is 0 Å². The summed E-state index contributed by atoms with van der Waals surface area (Å²) >= 11 is 1.41. The molecule has 0 radical (unpaired) electrons. The molecule has 2 rings (SSSR count). The number of aryl methyl sites for hydroxylation is 1. The van der Waals surface area contributed by atoms with Gasteiger partial charge in [0.15, 0.2) is 0 Å². The molecule has 17 heavy (non-hydrogen) atoms. The van der Waals surface area contributed by atoms with Crippen LogP contribution >= 0.6 is 11.5 Å². The van der Waals surface area contributed by atoms with Crippen LogP contribution in [0.25, 0.3) is 0 Å². The Labute approximate surface area is 104 Å². The molecule has 0 aromatic carbocycles. The summed E-state index contributed by atoms with van der Waals surface area (Å²) in [6.45, 7) is 4.06. The third kappa shape index (κ3) is 2.92. The second-order valence-electron chi connectivity index (χ2n) is 4.00. The van der Waals surface area contributed by atoms with E-state index in [2.05, 4.69) is 21.2 Å². The molecule has 0 saturated carbocycles. The van der Waals surface area contributed by atoms with E-state index in [0.717, 1.165) is 30.3 Å². The minimum absolute atomic E-state index is 0.0768. The first-order valence-corrected chi connectivity index (χ1v) is 6.51. The molecule has 1 aliphatic heterocycles. The summed E-state index contributed by atoms with van der Waals surface area (Å²) in [6.07, 6.45) is 1.65. The molecular formula is C10H17N5OS. The average molecular weight is 255 g/mol. The van der Waals surface area contributed by atoms with Crippen LogP contribution in [0.3, 0.4) is 0 Å². The molecule has 1 aromatic rings. The smallest absolute Gasteiger partial charge is 0.205 e. The normalized spacial score (nSPS) is 20.5. The minimum Gasteiger partial charge on any atom is -0.385 e. The Morgan fingerprint density at radius 1 is 1.71 bits per heavy atom. The van der Waals surface area contributed by atoms with Crippen LogP contribution in [0.15, 0.2) is 0 Å². The van der Waals surface area contributed by atoms with Crippen molar-refractivity contribution in [1.29, 1.82) is 5.41 Å². The van der Waals surface area contributed by atoms with Gasteiger partial charge in [0.2, 0.25) is 5.13 Å². The topological polar surface area (TPSA) is 88.1 Å². The minimum atomic E-state index is -0.317. The van der Waals surface area contributed by atoms with Gasteiger partial charge in [0.25, 0.3) is 0 Å². The molecule has 1 saturated heterocycles. The van der Waals surface area contributed by atoms with Gasteiger partial charge in [-0.2, -0.15) is 4.37 Å². The molecule has 94 valence electrons. The van der Waals surface area contributed by atoms with Crippen molar-refractivity contribution in [2.75, 3.05) is 24.6 Å². The first kappa shape index (κ1) is 12.3. The third-order valence-corrected chi connectivity index (χ3v) is 3.43. The summed E-state index contributed by atoms with van der Waals surface area (Å²) in [4.78, 5) is 6.57. The van der Waals surface area contributed by atoms with Gasteiger partial charge in [0.1, 0.15) is 17.8 Å². The van der Waals surface area contributed by atoms with Crippen molar-refractivity contribution in [3.05, 3.63) is 5.82 Å². The maximum atomic E-state index is 7.41. The number of aromatic nitrogens is 2. The lowest BCUT2D eigenvalue weighted by molar-refractivity contribution is 0.0826. The van der Waals surface area contributed by atoms with E-state index in [1.807, 2.05) is 0 Å². The van der Waals surface area contributed by atoms with E-state index < -0.39 is 0 Å². The summed E-state index contributed by atoms with van der Waals surface area (Å²) in [6, 6.07) is 0. The fourth-order valence-corrected chi connectivity index (χ4v) is 2.46. The van der Waals surface area contributed by atoms with E-state index in [1.54, 1.807) is 0 Å². The number of rotatable bonds is 4. The second kappa shape index (κ2) is 5.42. The van der Waals surface area contributed by atoms with Gasteiger partial charge in [-0.3, -0.25) is 5.41 Å². The number of nitrogens with two attached hydrogens (primary N) is 1. The standard InChI is InChI=1S/C10H17N5OS/c1-2-3-8-13-10(17-14-8)15-4-5-16-7(6-15)9(11)12/h7H,2-6H2,1H3,(H3,11,12). The van der Waals surface area contributed by atoms with Crippen LogP contribution in [0, 0.1) is 5.41 Å². The van der Waals surface area contributed by atoms with Crippen LogP contribution in [0.2, 0.25) is 0 Å². The first-order valence-electron chi connectivity index (χ1n) is 5.73. The first-order chi connectivity index (χ1) is 8.20. The molecule has 0 bridgehead atoms. The molecule has 1 aliphatic rings. The largest absolute Gasteiger partial charge is 0.385 e. The van der Waals surface area contributed by atoms with Gasteiger partial charge in [-0.05, 0) is 6.42 Å². The number of nitrogens with zero attached hydrogens (tertiary/aromatic N) is 3. The van der Waals surface area contributed by atoms with Crippen LogP contribution in [-0.2, 0) is 11.2 Å². The Balaban J connectivity index is 2.02. The molecule has 1 atom stereocenters. The predicted octanol–water partition coefficient (Wildman–Crippen LogP) is 0.632. The summed E-state index contributed by atoms with van der Waals surface area (Å²) in [5.74, 6) is 0.978. The van der Waals surface area contributed by atoms with Gasteiger partial charge in [-0.1, -0.05) is 6.92 Å². The van der Waals surface area contributed by atoms with Gasteiger partial charge in [-0.15, -0.1) is 0 Å². The molecule has 1 unspecified atom stereocenters. The fourth-order valence-electron chi connectivity index (χ4n) is 1.71. The molecular weight excluding hydrogens is 238 g/mol. The number of hydrogen-bond donors (Lipinski definition) is 2. The van der Waals surface area contributed by atoms with Gasteiger partial charge in [0.05, 0.1) is 13.2 Å². The number of nitrogens with one attached hydrogen (secondary N) is 1. The number of ether oxygens (including phenoxy) is 1. The van der Waals surface area contributed by atoms with Crippen molar-refractivity contribution in [2.24, 2.45) is 5.73 Å². The van der Waals surface area contributed by atoms with Gasteiger partial charge >= 0.3 is 0 Å². The molecule has 1 aromatic heterocycles. The Hall–Kier alpha value is -1.21. The molecule has 3 N–H and O–H groups in total. The van der Waals surface area contributed by atoms with E-state index in [-0.39, 0.29) is 11.9 Å². The van der Waals surface area contributed by atoms with Crippen LogP contribution in [0.1, 0.15) is 19.2 Å². The highest BCUT2D eigenvalue weighted by Gasteiger charge is 2.24. The lowest BCUT2D eigenvalue weighted by Gasteiger charge is -2.31. The van der Waals surface area contributed by atoms with E-state index in [4.69, 9.17) is 15.9 Å². The maximum Gasteiger partial charge on any atom is 0.205 e. The lowest BCUT2D eigenvalue weighted by Crippen LogP contribution is -2.48. The van der Waals surface area contributed by atoms with Crippen LogP contribution in [0.5, 0.6) is 0 Å². The van der Waals surface area contributed by atoms with Crippen LogP contribution < -0.4 is 10.6 Å². The van der Waals surface area contributed by atoms with Crippen LogP contribution in [-0.4, -0.2) is 41.0 Å². The summed E-state index contributed by atoms with van der Waals surface area (Å²) in [5.41, 5.74) is 5.46. The van der Waals surface area contributed by atoms with Crippen molar-refractivity contribution in [3.63, 3.8) is 0 Å². The Kier molecular flexibility index (Phi) is 3.90. The number of morpholine rings is 1. The van der Waals surface area contributed by atoms with Gasteiger partial charge in [-0.25, -0.2) is 4.98 Å². The zero-order valence-electron chi connectivity index (χ0n) is 9.85. The highest BCUT2D eigenvalue weighted by atomic mass is 32.1. The highest BCUT2D eigenvalue weighted by molar-refractivity contribution is 7.09. The van der Waals surface area contributed by atoms with E-state index in [1.165, 1.54) is 11.5 Å². The van der Waals surface area contributed by atoms with Crippen molar-refractivity contribution in [3.8, 4) is 0 Å². The molecule has 0 spiro atoms. The van der Waals surface area contributed by atoms with Crippen molar-refractivity contribution < 1.29 is 4.74 Å². The van der Waals surface area contributed by atoms with Gasteiger partial charge < -0.3 is 15.4 Å². The van der Waals surface area contributed by atoms with E-state index in [0.29, 0.717) is 13.2 Å². The zero-order chi connectivity index (χ0) is 12.3. The summed E-state index contributed by atoms with van der Waals surface area (Å²) < 4.78 is 9.72. The van der Waals surface area contributed by atoms with Gasteiger partial charge in [0, 0.05) is 24.5 Å². The Morgan fingerprint density at radius 2 is 2.53 bits per heavy atom. The fraction of sp³-hybridized carbons (Fsp3) is 0.700. The number of anilines is 1. The lowest BCUT2D eigenvalue weighted by atomic mass is 10.2. The third-order valence-electron chi connectivity index (χ3n) is 2.61. The predicted molar refractivity (Wildman–Crippen MR) is 67.8 cm³/mol. The Bertz CT molecular complexity index is 394. The molecule has 0 amide bonds. The summed E-state index contributed by atoms with van der Waals surface area (Å²) in [7, 11) is 0. The Morgan fingerprint density at radius 3 is 3.24 bits per heavy atom. The average Bonchev–Trinajstić information content (AvgIpc) is 2.78. The van der Waals surface area contributed by atoms with Crippen molar-refractivity contribution >= 4 is 22.5 Å². The quantitative estimate of drug-likeness (QED) is 0.608. The number of hydrogen-bond acceptors (Lipinski definition) is 6. The number of amidine groups is 1. The van der Waals surface area contributed by atoms with Crippen LogP contribution in [0.4, 0.5) is 5.13 Å². The molecule has 1 fully saturated rings. The van der Waals surface area contributed by atoms with Crippen molar-refractivity contribution in [1.82, 2.24) is 9.36 Å². The second-order valence-corrected chi connectivity index (χ2v) is 4.73. The van der Waals surface area contributed by atoms with E-state index >= 15 is 0 Å². The van der Waals surface area contributed by atoms with Crippen molar-refractivity contribution in [2.45, 2.75) is 25.9 Å². The monoisotopic (exact) mass is 255 g/mol. The molecule has 2 heterocycles.